The van der Waals surface area contributed by atoms with Gasteiger partial charge >= 0.3 is 0 Å². The highest BCUT2D eigenvalue weighted by Gasteiger charge is 2.38. The van der Waals surface area contributed by atoms with E-state index < -0.39 is 0 Å². The Morgan fingerprint density at radius 3 is 2.67 bits per heavy atom. The van der Waals surface area contributed by atoms with Crippen molar-refractivity contribution in [3.05, 3.63) is 0 Å². The summed E-state index contributed by atoms with van der Waals surface area (Å²) >= 11 is 3.79. The Balaban J connectivity index is 1.58. The highest BCUT2D eigenvalue weighted by atomic mass is 79.9. The Morgan fingerprint density at radius 2 is 2.07 bits per heavy atom. The van der Waals surface area contributed by atoms with Crippen LogP contribution in [0.3, 0.4) is 0 Å². The van der Waals surface area contributed by atoms with Gasteiger partial charge in [0.2, 0.25) is 0 Å². The lowest BCUT2D eigenvalue weighted by atomic mass is 9.85. The molecule has 0 radical (unpaired) electrons. The van der Waals surface area contributed by atoms with Crippen molar-refractivity contribution in [1.82, 2.24) is 0 Å². The molecule has 2 bridgehead atoms. The van der Waals surface area contributed by atoms with Crippen LogP contribution in [0.2, 0.25) is 0 Å². The molecule has 0 amide bonds. The van der Waals surface area contributed by atoms with Crippen LogP contribution >= 0.6 is 15.9 Å². The predicted molar refractivity (Wildman–Crippen MR) is 70.4 cm³/mol. The average molecular weight is 273 g/mol. The fraction of sp³-hybridized carbons (Fsp3) is 1.00. The van der Waals surface area contributed by atoms with Crippen LogP contribution in [0.15, 0.2) is 0 Å². The van der Waals surface area contributed by atoms with Crippen molar-refractivity contribution in [3.8, 4) is 0 Å². The van der Waals surface area contributed by atoms with Crippen LogP contribution in [0.25, 0.3) is 0 Å². The van der Waals surface area contributed by atoms with Gasteiger partial charge in [0.15, 0.2) is 0 Å². The summed E-state index contributed by atoms with van der Waals surface area (Å²) in [6, 6.07) is 0. The third-order valence-electron chi connectivity index (χ3n) is 4.58. The average Bonchev–Trinajstić information content (AvgIpc) is 2.79. The van der Waals surface area contributed by atoms with Crippen molar-refractivity contribution >= 4 is 15.9 Å². The second-order valence-electron chi connectivity index (χ2n) is 5.75. The molecule has 2 fully saturated rings. The van der Waals surface area contributed by atoms with Crippen LogP contribution in [0.1, 0.15) is 64.7 Å². The van der Waals surface area contributed by atoms with Gasteiger partial charge in [-0.05, 0) is 49.9 Å². The normalized spacial score (nSPS) is 36.0. The van der Waals surface area contributed by atoms with E-state index in [1.54, 1.807) is 25.7 Å². The fourth-order valence-corrected chi connectivity index (χ4v) is 4.57. The van der Waals surface area contributed by atoms with E-state index in [9.17, 15) is 0 Å². The molecule has 0 nitrogen and oxygen atoms in total. The maximum absolute atomic E-state index is 3.79. The Hall–Kier alpha value is 0.480. The van der Waals surface area contributed by atoms with Crippen molar-refractivity contribution in [2.24, 2.45) is 17.8 Å². The van der Waals surface area contributed by atoms with Gasteiger partial charge in [0.25, 0.3) is 0 Å². The van der Waals surface area contributed by atoms with Gasteiger partial charge in [-0.25, -0.2) is 0 Å². The molecule has 2 saturated carbocycles. The van der Waals surface area contributed by atoms with Crippen LogP contribution in [0, 0.1) is 17.8 Å². The van der Waals surface area contributed by atoms with Gasteiger partial charge in [-0.15, -0.1) is 0 Å². The third kappa shape index (κ3) is 3.22. The number of hydrogen-bond donors (Lipinski definition) is 0. The lowest BCUT2D eigenvalue weighted by Crippen LogP contribution is -2.10. The smallest absolute Gasteiger partial charge is 0.0145 e. The van der Waals surface area contributed by atoms with E-state index in [0.29, 0.717) is 0 Å². The van der Waals surface area contributed by atoms with E-state index >= 15 is 0 Å². The van der Waals surface area contributed by atoms with E-state index in [0.717, 1.165) is 22.6 Å². The molecule has 0 aromatic carbocycles. The summed E-state index contributed by atoms with van der Waals surface area (Å²) in [6.07, 6.45) is 13.3. The lowest BCUT2D eigenvalue weighted by molar-refractivity contribution is 0.305. The van der Waals surface area contributed by atoms with Crippen molar-refractivity contribution < 1.29 is 0 Å². The van der Waals surface area contributed by atoms with Crippen LogP contribution in [0.4, 0.5) is 0 Å². The first kappa shape index (κ1) is 12.0. The van der Waals surface area contributed by atoms with Crippen LogP contribution in [-0.2, 0) is 0 Å². The number of fused-ring (bicyclic) bond motifs is 2. The molecule has 0 aliphatic heterocycles. The van der Waals surface area contributed by atoms with Gasteiger partial charge in [0, 0.05) is 4.83 Å². The quantitative estimate of drug-likeness (QED) is 0.587. The number of halogens is 1. The zero-order chi connectivity index (χ0) is 10.7. The van der Waals surface area contributed by atoms with Gasteiger partial charge in [0.05, 0.1) is 0 Å². The minimum Gasteiger partial charge on any atom is -0.0891 e. The molecule has 0 spiro atoms. The van der Waals surface area contributed by atoms with Crippen molar-refractivity contribution in [2.45, 2.75) is 69.5 Å². The number of alkyl halides is 1. The summed E-state index contributed by atoms with van der Waals surface area (Å²) in [5, 5.41) is 0. The first-order chi connectivity index (χ1) is 7.29. The van der Waals surface area contributed by atoms with E-state index in [-0.39, 0.29) is 0 Å². The molecule has 2 aliphatic rings. The van der Waals surface area contributed by atoms with Gasteiger partial charge < -0.3 is 0 Å². The minimum absolute atomic E-state index is 0.793. The molecule has 2 aliphatic carbocycles. The summed E-state index contributed by atoms with van der Waals surface area (Å²) in [4.78, 5) is 0.793. The highest BCUT2D eigenvalue weighted by molar-refractivity contribution is 9.09. The van der Waals surface area contributed by atoms with E-state index in [1.807, 2.05) is 0 Å². The first-order valence-corrected chi connectivity index (χ1v) is 7.85. The van der Waals surface area contributed by atoms with Gasteiger partial charge in [-0.3, -0.25) is 0 Å². The monoisotopic (exact) mass is 272 g/mol. The molecule has 1 heteroatoms. The summed E-state index contributed by atoms with van der Waals surface area (Å²) < 4.78 is 0. The fourth-order valence-electron chi connectivity index (χ4n) is 3.79. The Bertz CT molecular complexity index is 190. The molecule has 15 heavy (non-hydrogen) atoms. The largest absolute Gasteiger partial charge is 0.0891 e. The van der Waals surface area contributed by atoms with Crippen molar-refractivity contribution in [3.63, 3.8) is 0 Å². The second kappa shape index (κ2) is 5.70. The summed E-state index contributed by atoms with van der Waals surface area (Å²) in [5.74, 6) is 3.38. The molecule has 4 unspecified atom stereocenters. The van der Waals surface area contributed by atoms with E-state index in [2.05, 4.69) is 22.9 Å². The van der Waals surface area contributed by atoms with E-state index in [4.69, 9.17) is 0 Å². The molecular weight excluding hydrogens is 248 g/mol. The Morgan fingerprint density at radius 1 is 1.20 bits per heavy atom. The second-order valence-corrected chi connectivity index (χ2v) is 7.05. The summed E-state index contributed by atoms with van der Waals surface area (Å²) in [7, 11) is 0. The highest BCUT2D eigenvalue weighted by Crippen LogP contribution is 2.50. The van der Waals surface area contributed by atoms with Gasteiger partial charge in [0.1, 0.15) is 0 Å². The van der Waals surface area contributed by atoms with Crippen molar-refractivity contribution in [1.29, 1.82) is 0 Å². The SMILES string of the molecule is CCCC(Br)CCCC1CC2CCC1C2. The molecule has 0 heterocycles. The van der Waals surface area contributed by atoms with Gasteiger partial charge in [-0.2, -0.15) is 0 Å². The molecule has 0 saturated heterocycles. The van der Waals surface area contributed by atoms with Crippen LogP contribution in [-0.4, -0.2) is 4.83 Å². The molecular formula is C14H25Br. The van der Waals surface area contributed by atoms with E-state index in [1.165, 1.54) is 32.1 Å². The Labute approximate surface area is 103 Å². The molecule has 0 aromatic rings. The standard InChI is InChI=1S/C14H25Br/c1-2-4-14(15)6-3-5-12-9-11-7-8-13(12)10-11/h11-14H,2-10H2,1H3. The zero-order valence-electron chi connectivity index (χ0n) is 10.1. The predicted octanol–water partition coefficient (Wildman–Crippen LogP) is 5.16. The van der Waals surface area contributed by atoms with Crippen LogP contribution in [0.5, 0.6) is 0 Å². The minimum atomic E-state index is 0.793. The van der Waals surface area contributed by atoms with Gasteiger partial charge in [-0.1, -0.05) is 48.5 Å². The van der Waals surface area contributed by atoms with Crippen molar-refractivity contribution in [2.75, 3.05) is 0 Å². The topological polar surface area (TPSA) is 0 Å². The first-order valence-electron chi connectivity index (χ1n) is 6.93. The molecule has 4 atom stereocenters. The Kier molecular flexibility index (Phi) is 4.54. The molecule has 2 rings (SSSR count). The van der Waals surface area contributed by atoms with Crippen LogP contribution < -0.4 is 0 Å². The number of hydrogen-bond acceptors (Lipinski definition) is 0. The zero-order valence-corrected chi connectivity index (χ0v) is 11.6. The summed E-state index contributed by atoms with van der Waals surface area (Å²) in [6.45, 7) is 2.28. The maximum atomic E-state index is 3.79. The molecule has 0 N–H and O–H groups in total. The lowest BCUT2D eigenvalue weighted by Gasteiger charge is -2.21. The molecule has 0 aromatic heterocycles. The summed E-state index contributed by atoms with van der Waals surface area (Å²) in [5.41, 5.74) is 0. The number of rotatable bonds is 6. The molecule has 88 valence electrons. The maximum Gasteiger partial charge on any atom is 0.0145 e. The third-order valence-corrected chi connectivity index (χ3v) is 5.49.